The van der Waals surface area contributed by atoms with E-state index in [0.717, 1.165) is 20.7 Å². The van der Waals surface area contributed by atoms with Gasteiger partial charge in [0, 0.05) is 10.6 Å². The maximum atomic E-state index is 12.6. The molecule has 7 nitrogen and oxygen atoms in total. The number of aromatic carboxylic acids is 1. The number of carboxylic acid groups (broad SMARTS) is 1. The summed E-state index contributed by atoms with van der Waals surface area (Å²) in [6.07, 6.45) is 0. The van der Waals surface area contributed by atoms with E-state index in [1.165, 1.54) is 35.2 Å². The van der Waals surface area contributed by atoms with Crippen LogP contribution < -0.4 is 10.6 Å². The number of nitrogens with zero attached hydrogens (tertiary/aromatic N) is 1. The Hall–Kier alpha value is -3.69. The number of thiazole rings is 1. The Balaban J connectivity index is 1.37. The first-order chi connectivity index (χ1) is 15.9. The second kappa shape index (κ2) is 9.85. The number of carboxylic acids is 1. The monoisotopic (exact) mass is 477 g/mol. The van der Waals surface area contributed by atoms with Gasteiger partial charge >= 0.3 is 5.97 Å². The molecule has 3 aromatic carbocycles. The molecule has 4 aromatic rings. The highest BCUT2D eigenvalue weighted by molar-refractivity contribution is 8.00. The van der Waals surface area contributed by atoms with Crippen molar-refractivity contribution in [3.63, 3.8) is 0 Å². The van der Waals surface area contributed by atoms with Gasteiger partial charge in [-0.3, -0.25) is 9.59 Å². The zero-order valence-corrected chi connectivity index (χ0v) is 19.1. The summed E-state index contributed by atoms with van der Waals surface area (Å²) in [4.78, 5) is 41.5. The van der Waals surface area contributed by atoms with Crippen LogP contribution >= 0.6 is 23.1 Å². The molecule has 0 fully saturated rings. The molecule has 3 N–H and O–H groups in total. The minimum atomic E-state index is -1.17. The third-order valence-electron chi connectivity index (χ3n) is 4.65. The number of carbonyl (C=O) groups is 3. The summed E-state index contributed by atoms with van der Waals surface area (Å²) in [5, 5.41) is 15.4. The van der Waals surface area contributed by atoms with Crippen LogP contribution in [0.4, 0.5) is 10.8 Å². The molecule has 33 heavy (non-hydrogen) atoms. The highest BCUT2D eigenvalue weighted by Gasteiger charge is 2.16. The number of hydrogen-bond donors (Lipinski definition) is 3. The van der Waals surface area contributed by atoms with Gasteiger partial charge in [0.05, 0.1) is 27.1 Å². The second-order valence-electron chi connectivity index (χ2n) is 7.16. The third kappa shape index (κ3) is 5.57. The highest BCUT2D eigenvalue weighted by Crippen LogP contribution is 2.27. The van der Waals surface area contributed by atoms with Crippen LogP contribution in [0.1, 0.15) is 26.3 Å². The summed E-state index contributed by atoms with van der Waals surface area (Å²) in [7, 11) is 0. The largest absolute Gasteiger partial charge is 0.478 e. The molecule has 0 aliphatic heterocycles. The van der Waals surface area contributed by atoms with Crippen LogP contribution in [0.25, 0.3) is 10.2 Å². The SMILES string of the molecule is Cc1ccc2nc(NC(=O)CSc3cccc(NC(=O)c4ccccc4C(=O)O)c3)sc2c1. The van der Waals surface area contributed by atoms with Crippen molar-refractivity contribution < 1.29 is 19.5 Å². The van der Waals surface area contributed by atoms with Crippen molar-refractivity contribution in [2.75, 3.05) is 16.4 Å². The molecule has 0 bridgehead atoms. The summed E-state index contributed by atoms with van der Waals surface area (Å²) in [6, 6.07) is 19.0. The number of benzene rings is 3. The number of amides is 2. The van der Waals surface area contributed by atoms with E-state index < -0.39 is 11.9 Å². The van der Waals surface area contributed by atoms with Crippen LogP contribution in [0.3, 0.4) is 0 Å². The predicted molar refractivity (Wildman–Crippen MR) is 132 cm³/mol. The quantitative estimate of drug-likeness (QED) is 0.312. The van der Waals surface area contributed by atoms with E-state index in [4.69, 9.17) is 0 Å². The van der Waals surface area contributed by atoms with Crippen molar-refractivity contribution in [2.24, 2.45) is 0 Å². The molecule has 4 rings (SSSR count). The third-order valence-corrected chi connectivity index (χ3v) is 6.58. The van der Waals surface area contributed by atoms with Crippen LogP contribution in [0, 0.1) is 6.92 Å². The lowest BCUT2D eigenvalue weighted by Crippen LogP contribution is -2.16. The van der Waals surface area contributed by atoms with Gasteiger partial charge in [-0.2, -0.15) is 0 Å². The molecule has 1 heterocycles. The summed E-state index contributed by atoms with van der Waals surface area (Å²) < 4.78 is 1.02. The van der Waals surface area contributed by atoms with Gasteiger partial charge < -0.3 is 15.7 Å². The first-order valence-electron chi connectivity index (χ1n) is 9.92. The van der Waals surface area contributed by atoms with E-state index in [2.05, 4.69) is 15.6 Å². The first-order valence-corrected chi connectivity index (χ1v) is 11.7. The Morgan fingerprint density at radius 1 is 0.970 bits per heavy atom. The van der Waals surface area contributed by atoms with Crippen molar-refractivity contribution >= 4 is 61.9 Å². The summed E-state index contributed by atoms with van der Waals surface area (Å²) in [5.74, 6) is -1.69. The molecule has 0 spiro atoms. The van der Waals surface area contributed by atoms with E-state index in [9.17, 15) is 19.5 Å². The summed E-state index contributed by atoms with van der Waals surface area (Å²) >= 11 is 2.75. The average molecular weight is 478 g/mol. The van der Waals surface area contributed by atoms with Crippen molar-refractivity contribution in [3.05, 3.63) is 83.4 Å². The van der Waals surface area contributed by atoms with Gasteiger partial charge in [-0.1, -0.05) is 35.6 Å². The van der Waals surface area contributed by atoms with E-state index in [1.807, 2.05) is 31.2 Å². The van der Waals surface area contributed by atoms with Gasteiger partial charge in [-0.15, -0.1) is 11.8 Å². The minimum absolute atomic E-state index is 0.0674. The topological polar surface area (TPSA) is 108 Å². The van der Waals surface area contributed by atoms with Crippen molar-refractivity contribution in [3.8, 4) is 0 Å². The number of hydrogen-bond acceptors (Lipinski definition) is 6. The average Bonchev–Trinajstić information content (AvgIpc) is 3.19. The molecule has 166 valence electrons. The minimum Gasteiger partial charge on any atom is -0.478 e. The molecule has 0 saturated heterocycles. The lowest BCUT2D eigenvalue weighted by molar-refractivity contribution is -0.113. The van der Waals surface area contributed by atoms with Gasteiger partial charge in [-0.25, -0.2) is 9.78 Å². The molecular weight excluding hydrogens is 458 g/mol. The van der Waals surface area contributed by atoms with E-state index >= 15 is 0 Å². The summed E-state index contributed by atoms with van der Waals surface area (Å²) in [5.41, 5.74) is 2.50. The van der Waals surface area contributed by atoms with Gasteiger partial charge in [0.1, 0.15) is 0 Å². The van der Waals surface area contributed by atoms with Gasteiger partial charge in [0.15, 0.2) is 5.13 Å². The van der Waals surface area contributed by atoms with E-state index in [-0.39, 0.29) is 22.8 Å². The molecule has 0 saturated carbocycles. The van der Waals surface area contributed by atoms with Crippen LogP contribution in [0.5, 0.6) is 0 Å². The fourth-order valence-electron chi connectivity index (χ4n) is 3.12. The highest BCUT2D eigenvalue weighted by atomic mass is 32.2. The number of rotatable bonds is 7. The number of aromatic nitrogens is 1. The maximum absolute atomic E-state index is 12.6. The molecule has 0 aliphatic rings. The fraction of sp³-hybridized carbons (Fsp3) is 0.0833. The van der Waals surface area contributed by atoms with E-state index in [0.29, 0.717) is 10.8 Å². The Morgan fingerprint density at radius 2 is 1.76 bits per heavy atom. The number of carbonyl (C=O) groups excluding carboxylic acids is 2. The van der Waals surface area contributed by atoms with E-state index in [1.54, 1.807) is 30.3 Å². The molecule has 0 radical (unpaired) electrons. The Labute approximate surface area is 197 Å². The normalized spacial score (nSPS) is 10.7. The smallest absolute Gasteiger partial charge is 0.336 e. The lowest BCUT2D eigenvalue weighted by Gasteiger charge is -2.09. The lowest BCUT2D eigenvalue weighted by atomic mass is 10.1. The summed E-state index contributed by atoms with van der Waals surface area (Å²) in [6.45, 7) is 2.01. The van der Waals surface area contributed by atoms with Gasteiger partial charge in [0.25, 0.3) is 5.91 Å². The Morgan fingerprint density at radius 3 is 2.55 bits per heavy atom. The Kier molecular flexibility index (Phi) is 6.71. The van der Waals surface area contributed by atoms with Crippen LogP contribution in [-0.2, 0) is 4.79 Å². The number of anilines is 2. The fourth-order valence-corrected chi connectivity index (χ4v) is 4.85. The van der Waals surface area contributed by atoms with Crippen molar-refractivity contribution in [2.45, 2.75) is 11.8 Å². The Bertz CT molecular complexity index is 1370. The maximum Gasteiger partial charge on any atom is 0.336 e. The zero-order chi connectivity index (χ0) is 23.4. The first kappa shape index (κ1) is 22.5. The predicted octanol–water partition coefficient (Wildman–Crippen LogP) is 5.29. The molecule has 0 atom stereocenters. The molecule has 2 amide bonds. The second-order valence-corrected chi connectivity index (χ2v) is 9.24. The molecule has 1 aromatic heterocycles. The zero-order valence-electron chi connectivity index (χ0n) is 17.5. The molecule has 0 unspecified atom stereocenters. The number of thioether (sulfide) groups is 1. The van der Waals surface area contributed by atoms with Crippen molar-refractivity contribution in [1.82, 2.24) is 4.98 Å². The molecule has 0 aliphatic carbocycles. The number of fused-ring (bicyclic) bond motifs is 1. The number of aryl methyl sites for hydroxylation is 1. The standard InChI is InChI=1S/C24H19N3O4S2/c1-14-9-10-19-20(11-14)33-24(26-19)27-21(28)13-32-16-6-4-5-15(12-16)25-22(29)17-7-2-3-8-18(17)23(30)31/h2-12H,13H2,1H3,(H,25,29)(H,30,31)(H,26,27,28). The number of nitrogens with one attached hydrogen (secondary N) is 2. The van der Waals surface area contributed by atoms with Crippen molar-refractivity contribution in [1.29, 1.82) is 0 Å². The van der Waals surface area contributed by atoms with Crippen LogP contribution in [0.2, 0.25) is 0 Å². The van der Waals surface area contributed by atoms with Gasteiger partial charge in [-0.05, 0) is 55.0 Å². The van der Waals surface area contributed by atoms with Crippen LogP contribution in [-0.4, -0.2) is 33.6 Å². The van der Waals surface area contributed by atoms with Gasteiger partial charge in [0.2, 0.25) is 5.91 Å². The van der Waals surface area contributed by atoms with Crippen LogP contribution in [0.15, 0.2) is 71.6 Å². The molecule has 9 heteroatoms. The molecular formula is C24H19N3O4S2.